The second-order valence-electron chi connectivity index (χ2n) is 6.67. The van der Waals surface area contributed by atoms with Gasteiger partial charge in [-0.3, -0.25) is 4.79 Å². The molecule has 0 amide bonds. The van der Waals surface area contributed by atoms with Crippen LogP contribution in [0, 0.1) is 5.92 Å². The van der Waals surface area contributed by atoms with Crippen LogP contribution in [0.25, 0.3) is 0 Å². The molecule has 0 spiro atoms. The van der Waals surface area contributed by atoms with Gasteiger partial charge in [-0.25, -0.2) is 0 Å². The van der Waals surface area contributed by atoms with Crippen LogP contribution in [0.2, 0.25) is 0 Å². The van der Waals surface area contributed by atoms with Crippen molar-refractivity contribution in [2.24, 2.45) is 5.92 Å². The van der Waals surface area contributed by atoms with Crippen LogP contribution in [0.1, 0.15) is 56.6 Å². The van der Waals surface area contributed by atoms with Gasteiger partial charge in [0.15, 0.2) is 0 Å². The zero-order chi connectivity index (χ0) is 14.1. The van der Waals surface area contributed by atoms with Gasteiger partial charge in [0.2, 0.25) is 0 Å². The minimum absolute atomic E-state index is 0.228. The van der Waals surface area contributed by atoms with Gasteiger partial charge in [0.1, 0.15) is 5.78 Å². The third kappa shape index (κ3) is 2.95. The molecule has 0 aromatic heterocycles. The maximum Gasteiger partial charge on any atom is 0.140 e. The van der Waals surface area contributed by atoms with Gasteiger partial charge in [-0.15, -0.1) is 0 Å². The fourth-order valence-corrected chi connectivity index (χ4v) is 3.49. The van der Waals surface area contributed by atoms with Gasteiger partial charge >= 0.3 is 0 Å². The van der Waals surface area contributed by atoms with Gasteiger partial charge in [-0.05, 0) is 42.7 Å². The Balaban J connectivity index is 1.61. The predicted molar refractivity (Wildman–Crippen MR) is 79.9 cm³/mol. The third-order valence-electron chi connectivity index (χ3n) is 4.77. The summed E-state index contributed by atoms with van der Waals surface area (Å²) in [5, 5.41) is 0. The molecule has 3 rings (SSSR count). The number of hydrogen-bond donors (Lipinski definition) is 0. The lowest BCUT2D eigenvalue weighted by Crippen LogP contribution is -2.30. The summed E-state index contributed by atoms with van der Waals surface area (Å²) in [4.78, 5) is 12.4. The highest BCUT2D eigenvalue weighted by atomic mass is 16.5. The minimum atomic E-state index is 0.228. The Morgan fingerprint density at radius 3 is 2.30 bits per heavy atom. The van der Waals surface area contributed by atoms with E-state index in [0.717, 1.165) is 31.2 Å². The van der Waals surface area contributed by atoms with E-state index in [2.05, 4.69) is 38.1 Å². The summed E-state index contributed by atoms with van der Waals surface area (Å²) in [6.45, 7) is 4.38. The molecule has 0 aliphatic carbocycles. The molecule has 2 fully saturated rings. The van der Waals surface area contributed by atoms with Gasteiger partial charge in [0, 0.05) is 12.3 Å². The van der Waals surface area contributed by atoms with Gasteiger partial charge in [-0.2, -0.15) is 0 Å². The lowest BCUT2D eigenvalue weighted by molar-refractivity contribution is -0.127. The summed E-state index contributed by atoms with van der Waals surface area (Å²) in [6.07, 6.45) is 5.48. The molecule has 1 aromatic rings. The fraction of sp³-hybridized carbons (Fsp3) is 0.611. The maximum absolute atomic E-state index is 12.4. The minimum Gasteiger partial charge on any atom is -0.375 e. The number of Topliss-reactive ketones (excluding diaryl/α,β-unsaturated/α-hetero) is 1. The van der Waals surface area contributed by atoms with E-state index in [1.807, 2.05) is 0 Å². The predicted octanol–water partition coefficient (Wildman–Crippen LogP) is 3.88. The average Bonchev–Trinajstić information content (AvgIpc) is 2.78. The SMILES string of the molecule is CC(C)c1ccc(CC(=O)C2CC3CCC(C2)O3)cc1. The van der Waals surface area contributed by atoms with E-state index in [9.17, 15) is 4.79 Å². The summed E-state index contributed by atoms with van der Waals surface area (Å²) in [5.74, 6) is 1.18. The van der Waals surface area contributed by atoms with Crippen molar-refractivity contribution in [2.45, 2.75) is 64.1 Å². The Kier molecular flexibility index (Phi) is 3.93. The highest BCUT2D eigenvalue weighted by Crippen LogP contribution is 2.36. The molecule has 2 heterocycles. The van der Waals surface area contributed by atoms with Crippen molar-refractivity contribution in [3.8, 4) is 0 Å². The molecule has 2 saturated heterocycles. The van der Waals surface area contributed by atoms with Gasteiger partial charge in [0.05, 0.1) is 12.2 Å². The summed E-state index contributed by atoms with van der Waals surface area (Å²) in [7, 11) is 0. The average molecular weight is 272 g/mol. The number of hydrogen-bond acceptors (Lipinski definition) is 2. The first-order chi connectivity index (χ1) is 9.61. The lowest BCUT2D eigenvalue weighted by Gasteiger charge is -2.27. The Labute approximate surface area is 121 Å². The Morgan fingerprint density at radius 1 is 1.15 bits per heavy atom. The normalized spacial score (nSPS) is 28.9. The molecular formula is C18H24O2. The second kappa shape index (κ2) is 5.69. The first-order valence-corrected chi connectivity index (χ1v) is 7.89. The number of ketones is 1. The molecule has 2 bridgehead atoms. The molecule has 2 aliphatic rings. The Hall–Kier alpha value is -1.15. The quantitative estimate of drug-likeness (QED) is 0.831. The molecule has 20 heavy (non-hydrogen) atoms. The molecule has 2 heteroatoms. The van der Waals surface area contributed by atoms with E-state index < -0.39 is 0 Å². The summed E-state index contributed by atoms with van der Waals surface area (Å²) in [5.41, 5.74) is 2.49. The molecule has 108 valence electrons. The van der Waals surface area contributed by atoms with Crippen molar-refractivity contribution in [1.82, 2.24) is 0 Å². The standard InChI is InChI=1S/C18H24O2/c1-12(2)14-5-3-13(4-6-14)9-18(19)15-10-16-7-8-17(11-15)20-16/h3-6,12,15-17H,7-11H2,1-2H3. The van der Waals surface area contributed by atoms with Crippen molar-refractivity contribution < 1.29 is 9.53 Å². The number of carbonyl (C=O) groups excluding carboxylic acids is 1. The van der Waals surface area contributed by atoms with E-state index in [0.29, 0.717) is 30.3 Å². The lowest BCUT2D eigenvalue weighted by atomic mass is 9.88. The molecule has 2 nitrogen and oxygen atoms in total. The van der Waals surface area contributed by atoms with Crippen molar-refractivity contribution in [1.29, 1.82) is 0 Å². The van der Waals surface area contributed by atoms with Gasteiger partial charge in [0.25, 0.3) is 0 Å². The van der Waals surface area contributed by atoms with E-state index in [-0.39, 0.29) is 5.92 Å². The first-order valence-electron chi connectivity index (χ1n) is 7.89. The molecule has 2 unspecified atom stereocenters. The third-order valence-corrected chi connectivity index (χ3v) is 4.77. The van der Waals surface area contributed by atoms with Crippen molar-refractivity contribution >= 4 is 5.78 Å². The van der Waals surface area contributed by atoms with Crippen LogP contribution in [0.3, 0.4) is 0 Å². The number of rotatable bonds is 4. The highest BCUT2D eigenvalue weighted by molar-refractivity contribution is 5.83. The van der Waals surface area contributed by atoms with Crippen molar-refractivity contribution in [2.75, 3.05) is 0 Å². The number of fused-ring (bicyclic) bond motifs is 2. The zero-order valence-corrected chi connectivity index (χ0v) is 12.5. The fourth-order valence-electron chi connectivity index (χ4n) is 3.49. The van der Waals surface area contributed by atoms with Crippen LogP contribution in [0.15, 0.2) is 24.3 Å². The number of benzene rings is 1. The summed E-state index contributed by atoms with van der Waals surface area (Å²) in [6, 6.07) is 8.53. The van der Waals surface area contributed by atoms with Crippen molar-refractivity contribution in [3.63, 3.8) is 0 Å². The molecule has 2 atom stereocenters. The number of ether oxygens (including phenoxy) is 1. The molecule has 0 N–H and O–H groups in total. The highest BCUT2D eigenvalue weighted by Gasteiger charge is 2.37. The summed E-state index contributed by atoms with van der Waals surface area (Å²) >= 11 is 0. The molecule has 2 aliphatic heterocycles. The van der Waals surface area contributed by atoms with Gasteiger partial charge < -0.3 is 4.74 Å². The second-order valence-corrected chi connectivity index (χ2v) is 6.67. The smallest absolute Gasteiger partial charge is 0.140 e. The number of carbonyl (C=O) groups is 1. The van der Waals surface area contributed by atoms with E-state index in [4.69, 9.17) is 4.74 Å². The van der Waals surface area contributed by atoms with Crippen LogP contribution in [0.5, 0.6) is 0 Å². The largest absolute Gasteiger partial charge is 0.375 e. The topological polar surface area (TPSA) is 26.3 Å². The Morgan fingerprint density at radius 2 is 1.75 bits per heavy atom. The van der Waals surface area contributed by atoms with Crippen LogP contribution in [-0.2, 0) is 16.0 Å². The van der Waals surface area contributed by atoms with Crippen LogP contribution >= 0.6 is 0 Å². The molecule has 1 aromatic carbocycles. The zero-order valence-electron chi connectivity index (χ0n) is 12.5. The first kappa shape index (κ1) is 13.8. The Bertz CT molecular complexity index is 463. The van der Waals surface area contributed by atoms with Crippen LogP contribution in [-0.4, -0.2) is 18.0 Å². The van der Waals surface area contributed by atoms with E-state index in [1.165, 1.54) is 5.56 Å². The van der Waals surface area contributed by atoms with E-state index in [1.54, 1.807) is 0 Å². The maximum atomic E-state index is 12.4. The molecular weight excluding hydrogens is 248 g/mol. The van der Waals surface area contributed by atoms with E-state index >= 15 is 0 Å². The van der Waals surface area contributed by atoms with Gasteiger partial charge in [-0.1, -0.05) is 38.1 Å². The summed E-state index contributed by atoms with van der Waals surface area (Å²) < 4.78 is 5.82. The van der Waals surface area contributed by atoms with Crippen LogP contribution in [0.4, 0.5) is 0 Å². The van der Waals surface area contributed by atoms with Crippen LogP contribution < -0.4 is 0 Å². The molecule has 0 saturated carbocycles. The molecule has 0 radical (unpaired) electrons. The monoisotopic (exact) mass is 272 g/mol. The van der Waals surface area contributed by atoms with Crippen molar-refractivity contribution in [3.05, 3.63) is 35.4 Å².